The number of benzene rings is 2. The van der Waals surface area contributed by atoms with Gasteiger partial charge < -0.3 is 9.47 Å². The molecule has 0 aliphatic heterocycles. The molecular weight excluding hydrogens is 272 g/mol. The molecule has 0 fully saturated rings. The van der Waals surface area contributed by atoms with E-state index in [9.17, 15) is 0 Å². The van der Waals surface area contributed by atoms with Crippen molar-refractivity contribution in [2.75, 3.05) is 14.2 Å². The lowest BCUT2D eigenvalue weighted by Gasteiger charge is -1.98. The van der Waals surface area contributed by atoms with Crippen LogP contribution in [0.3, 0.4) is 0 Å². The minimum atomic E-state index is 0.901. The molecule has 0 radical (unpaired) electrons. The van der Waals surface area contributed by atoms with Crippen LogP contribution in [0.1, 0.15) is 25.0 Å². The number of allylic oxidation sites excluding steroid dienone is 2. The van der Waals surface area contributed by atoms with Crippen LogP contribution in [0.2, 0.25) is 0 Å². The van der Waals surface area contributed by atoms with Gasteiger partial charge in [0.25, 0.3) is 0 Å². The maximum Gasteiger partial charge on any atom is 0.118 e. The van der Waals surface area contributed by atoms with Gasteiger partial charge in [0.2, 0.25) is 0 Å². The zero-order valence-electron chi connectivity index (χ0n) is 13.7. The van der Waals surface area contributed by atoms with Gasteiger partial charge >= 0.3 is 0 Å². The van der Waals surface area contributed by atoms with Gasteiger partial charge in [0.05, 0.1) is 14.2 Å². The Morgan fingerprint density at radius 2 is 0.909 bits per heavy atom. The van der Waals surface area contributed by atoms with Crippen LogP contribution >= 0.6 is 0 Å². The molecule has 0 spiro atoms. The Bertz CT molecular complexity index is 523. The van der Waals surface area contributed by atoms with E-state index in [1.807, 2.05) is 74.5 Å². The normalized spacial score (nSPS) is 10.4. The average Bonchev–Trinajstić information content (AvgIpc) is 2.57. The summed E-state index contributed by atoms with van der Waals surface area (Å²) in [4.78, 5) is 0. The molecule has 2 aromatic rings. The van der Waals surface area contributed by atoms with Gasteiger partial charge in [0, 0.05) is 0 Å². The van der Waals surface area contributed by atoms with Crippen molar-refractivity contribution in [1.29, 1.82) is 0 Å². The van der Waals surface area contributed by atoms with Gasteiger partial charge in [-0.25, -0.2) is 0 Å². The maximum absolute atomic E-state index is 5.02. The summed E-state index contributed by atoms with van der Waals surface area (Å²) in [7, 11) is 3.34. The molecule has 116 valence electrons. The van der Waals surface area contributed by atoms with E-state index >= 15 is 0 Å². The smallest absolute Gasteiger partial charge is 0.118 e. The van der Waals surface area contributed by atoms with Crippen LogP contribution in [-0.2, 0) is 0 Å². The second-order valence-corrected chi connectivity index (χ2v) is 4.55. The van der Waals surface area contributed by atoms with Crippen LogP contribution in [0.5, 0.6) is 11.5 Å². The van der Waals surface area contributed by atoms with E-state index < -0.39 is 0 Å². The highest BCUT2D eigenvalue weighted by atomic mass is 16.5. The molecule has 0 bridgehead atoms. The summed E-state index contributed by atoms with van der Waals surface area (Å²) in [5.41, 5.74) is 2.40. The van der Waals surface area contributed by atoms with E-state index in [1.54, 1.807) is 14.2 Å². The van der Waals surface area contributed by atoms with Crippen LogP contribution in [0.25, 0.3) is 12.2 Å². The SMILES string of the molecule is C/C=C/c1ccc(OC)cc1.C/C=C\c1ccc(OC)cc1. The van der Waals surface area contributed by atoms with E-state index in [0.717, 1.165) is 11.5 Å². The van der Waals surface area contributed by atoms with Crippen LogP contribution in [0, 0.1) is 0 Å². The molecule has 0 atom stereocenters. The molecule has 0 saturated heterocycles. The Morgan fingerprint density at radius 1 is 0.591 bits per heavy atom. The van der Waals surface area contributed by atoms with E-state index in [4.69, 9.17) is 9.47 Å². The molecule has 2 rings (SSSR count). The summed E-state index contributed by atoms with van der Waals surface area (Å²) in [5, 5.41) is 0. The number of methoxy groups -OCH3 is 2. The molecule has 0 aromatic heterocycles. The van der Waals surface area contributed by atoms with Gasteiger partial charge in [0.1, 0.15) is 11.5 Å². The standard InChI is InChI=1S/2C10H12O/c2*1-3-4-9-5-7-10(11-2)8-6-9/h2*3-8H,1-2H3/b4-3+;4-3-. The van der Waals surface area contributed by atoms with Gasteiger partial charge in [-0.3, -0.25) is 0 Å². The Hall–Kier alpha value is -2.48. The first-order chi connectivity index (χ1) is 10.7. The fourth-order valence-electron chi connectivity index (χ4n) is 1.81. The highest BCUT2D eigenvalue weighted by Gasteiger charge is 1.88. The Morgan fingerprint density at radius 3 is 1.14 bits per heavy atom. The van der Waals surface area contributed by atoms with E-state index in [0.29, 0.717) is 0 Å². The van der Waals surface area contributed by atoms with Gasteiger partial charge in [-0.05, 0) is 49.2 Å². The number of ether oxygens (including phenoxy) is 2. The van der Waals surface area contributed by atoms with Crippen molar-refractivity contribution in [3.8, 4) is 11.5 Å². The first-order valence-corrected chi connectivity index (χ1v) is 7.27. The second-order valence-electron chi connectivity index (χ2n) is 4.55. The lowest BCUT2D eigenvalue weighted by Crippen LogP contribution is -1.80. The van der Waals surface area contributed by atoms with E-state index in [2.05, 4.69) is 12.2 Å². The molecule has 2 heteroatoms. The Labute approximate surface area is 133 Å². The zero-order chi connectivity index (χ0) is 16.2. The van der Waals surface area contributed by atoms with Gasteiger partial charge in [-0.2, -0.15) is 0 Å². The molecule has 0 N–H and O–H groups in total. The lowest BCUT2D eigenvalue weighted by molar-refractivity contribution is 0.414. The minimum Gasteiger partial charge on any atom is -0.497 e. The fraction of sp³-hybridized carbons (Fsp3) is 0.200. The lowest BCUT2D eigenvalue weighted by atomic mass is 10.2. The van der Waals surface area contributed by atoms with Crippen LogP contribution in [-0.4, -0.2) is 14.2 Å². The third-order valence-electron chi connectivity index (χ3n) is 2.95. The third kappa shape index (κ3) is 6.31. The fourth-order valence-corrected chi connectivity index (χ4v) is 1.81. The third-order valence-corrected chi connectivity index (χ3v) is 2.95. The molecule has 0 amide bonds. The molecule has 0 heterocycles. The molecule has 0 unspecified atom stereocenters. The molecule has 0 saturated carbocycles. The zero-order valence-corrected chi connectivity index (χ0v) is 13.7. The first-order valence-electron chi connectivity index (χ1n) is 7.27. The minimum absolute atomic E-state index is 0.901. The molecule has 0 aliphatic carbocycles. The molecule has 22 heavy (non-hydrogen) atoms. The highest BCUT2D eigenvalue weighted by Crippen LogP contribution is 2.12. The quantitative estimate of drug-likeness (QED) is 0.746. The van der Waals surface area contributed by atoms with E-state index in [1.165, 1.54) is 11.1 Å². The summed E-state index contributed by atoms with van der Waals surface area (Å²) < 4.78 is 10.0. The molecule has 0 aliphatic rings. The summed E-state index contributed by atoms with van der Waals surface area (Å²) in [6, 6.07) is 15.9. The average molecular weight is 296 g/mol. The van der Waals surface area contributed by atoms with Crippen molar-refractivity contribution < 1.29 is 9.47 Å². The second kappa shape index (κ2) is 10.3. The number of hydrogen-bond acceptors (Lipinski definition) is 2. The van der Waals surface area contributed by atoms with Crippen molar-refractivity contribution in [3.05, 3.63) is 71.8 Å². The molecule has 2 aromatic carbocycles. The van der Waals surface area contributed by atoms with Crippen molar-refractivity contribution in [1.82, 2.24) is 0 Å². The van der Waals surface area contributed by atoms with Crippen molar-refractivity contribution >= 4 is 12.2 Å². The summed E-state index contributed by atoms with van der Waals surface area (Å²) in [5.74, 6) is 1.80. The summed E-state index contributed by atoms with van der Waals surface area (Å²) >= 11 is 0. The first kappa shape index (κ1) is 17.6. The predicted molar refractivity (Wildman–Crippen MR) is 95.4 cm³/mol. The van der Waals surface area contributed by atoms with Crippen molar-refractivity contribution in [3.63, 3.8) is 0 Å². The van der Waals surface area contributed by atoms with Crippen LogP contribution < -0.4 is 9.47 Å². The topological polar surface area (TPSA) is 18.5 Å². The maximum atomic E-state index is 5.02. The number of hydrogen-bond donors (Lipinski definition) is 0. The van der Waals surface area contributed by atoms with Crippen molar-refractivity contribution in [2.45, 2.75) is 13.8 Å². The molecule has 2 nitrogen and oxygen atoms in total. The highest BCUT2D eigenvalue weighted by molar-refractivity contribution is 5.50. The van der Waals surface area contributed by atoms with Crippen molar-refractivity contribution in [2.24, 2.45) is 0 Å². The van der Waals surface area contributed by atoms with E-state index in [-0.39, 0.29) is 0 Å². The Balaban J connectivity index is 0.000000220. The van der Waals surface area contributed by atoms with Crippen LogP contribution in [0.15, 0.2) is 60.7 Å². The van der Waals surface area contributed by atoms with Gasteiger partial charge in [-0.1, -0.05) is 48.6 Å². The predicted octanol–water partition coefficient (Wildman–Crippen LogP) is 5.46. The monoisotopic (exact) mass is 296 g/mol. The van der Waals surface area contributed by atoms with Gasteiger partial charge in [-0.15, -0.1) is 0 Å². The Kier molecular flexibility index (Phi) is 8.21. The summed E-state index contributed by atoms with van der Waals surface area (Å²) in [6.45, 7) is 4.01. The summed E-state index contributed by atoms with van der Waals surface area (Å²) in [6.07, 6.45) is 8.14. The van der Waals surface area contributed by atoms with Crippen LogP contribution in [0.4, 0.5) is 0 Å². The van der Waals surface area contributed by atoms with Gasteiger partial charge in [0.15, 0.2) is 0 Å². The largest absolute Gasteiger partial charge is 0.497 e. The number of rotatable bonds is 4. The molecular formula is C20H24O2.